The summed E-state index contributed by atoms with van der Waals surface area (Å²) in [5.41, 5.74) is 3.69. The molecule has 0 aliphatic rings. The quantitative estimate of drug-likeness (QED) is 0.532. The smallest absolute Gasteiger partial charge is 0.267 e. The van der Waals surface area contributed by atoms with Crippen molar-refractivity contribution in [2.24, 2.45) is 0 Å². The lowest BCUT2D eigenvalue weighted by molar-refractivity contribution is 0.978. The third kappa shape index (κ3) is 2.45. The number of fused-ring (bicyclic) bond motifs is 1. The van der Waals surface area contributed by atoms with Crippen LogP contribution in [0.15, 0.2) is 65.5 Å². The summed E-state index contributed by atoms with van der Waals surface area (Å²) < 4.78 is 2.42. The van der Waals surface area contributed by atoms with Gasteiger partial charge in [0.25, 0.3) is 5.56 Å². The topological polar surface area (TPSA) is 34.9 Å². The second-order valence-electron chi connectivity index (χ2n) is 5.85. The van der Waals surface area contributed by atoms with Crippen LogP contribution in [0.2, 0.25) is 0 Å². The molecule has 4 rings (SSSR count). The van der Waals surface area contributed by atoms with Crippen molar-refractivity contribution in [3.63, 3.8) is 0 Å². The van der Waals surface area contributed by atoms with E-state index in [2.05, 4.69) is 0 Å². The van der Waals surface area contributed by atoms with Crippen molar-refractivity contribution in [3.8, 4) is 17.1 Å². The zero-order valence-corrected chi connectivity index (χ0v) is 14.3. The molecule has 2 aromatic heterocycles. The molecule has 0 atom stereocenters. The van der Waals surface area contributed by atoms with Gasteiger partial charge < -0.3 is 0 Å². The summed E-state index contributed by atoms with van der Waals surface area (Å²) in [6.07, 6.45) is 0. The largest absolute Gasteiger partial charge is 0.276 e. The first-order chi connectivity index (χ1) is 11.6. The Labute approximate surface area is 143 Å². The number of rotatable bonds is 2. The molecule has 0 saturated carbocycles. The van der Waals surface area contributed by atoms with Crippen LogP contribution in [0, 0.1) is 13.8 Å². The van der Waals surface area contributed by atoms with Crippen molar-refractivity contribution in [3.05, 3.63) is 81.5 Å². The van der Waals surface area contributed by atoms with E-state index < -0.39 is 0 Å². The van der Waals surface area contributed by atoms with Crippen molar-refractivity contribution in [2.45, 2.75) is 13.8 Å². The molecule has 2 heterocycles. The summed E-state index contributed by atoms with van der Waals surface area (Å²) in [4.78, 5) is 19.0. The van der Waals surface area contributed by atoms with E-state index in [1.54, 1.807) is 4.57 Å². The fourth-order valence-electron chi connectivity index (χ4n) is 2.81. The predicted molar refractivity (Wildman–Crippen MR) is 100 cm³/mol. The van der Waals surface area contributed by atoms with E-state index in [0.29, 0.717) is 10.5 Å². The van der Waals surface area contributed by atoms with Crippen LogP contribution in [0.25, 0.3) is 27.3 Å². The van der Waals surface area contributed by atoms with Gasteiger partial charge in [-0.05, 0) is 32.0 Å². The maximum absolute atomic E-state index is 13.2. The molecule has 0 spiro atoms. The molecular formula is C20H16N2OS. The van der Waals surface area contributed by atoms with Gasteiger partial charge >= 0.3 is 0 Å². The highest BCUT2D eigenvalue weighted by atomic mass is 32.1. The summed E-state index contributed by atoms with van der Waals surface area (Å²) in [6, 6.07) is 19.8. The van der Waals surface area contributed by atoms with E-state index in [9.17, 15) is 4.79 Å². The van der Waals surface area contributed by atoms with Gasteiger partial charge in [0, 0.05) is 10.4 Å². The molecule has 0 saturated heterocycles. The molecule has 0 unspecified atom stereocenters. The van der Waals surface area contributed by atoms with E-state index in [1.165, 1.54) is 11.3 Å². The van der Waals surface area contributed by atoms with Crippen molar-refractivity contribution in [1.82, 2.24) is 9.55 Å². The molecule has 4 heteroatoms. The van der Waals surface area contributed by atoms with Crippen LogP contribution in [-0.4, -0.2) is 9.55 Å². The molecule has 4 aromatic rings. The summed E-state index contributed by atoms with van der Waals surface area (Å²) in [7, 11) is 0. The number of nitrogens with zero attached hydrogens (tertiary/aromatic N) is 2. The van der Waals surface area contributed by atoms with Gasteiger partial charge in [-0.15, -0.1) is 11.3 Å². The Balaban J connectivity index is 2.10. The van der Waals surface area contributed by atoms with Gasteiger partial charge in [0.2, 0.25) is 0 Å². The summed E-state index contributed by atoms with van der Waals surface area (Å²) in [6.45, 7) is 4.04. The lowest BCUT2D eigenvalue weighted by Gasteiger charge is -2.13. The van der Waals surface area contributed by atoms with Gasteiger partial charge in [0.05, 0.1) is 11.2 Å². The number of thiophene rings is 1. The maximum Gasteiger partial charge on any atom is 0.276 e. The van der Waals surface area contributed by atoms with Crippen molar-refractivity contribution >= 4 is 21.6 Å². The van der Waals surface area contributed by atoms with E-state index in [1.807, 2.05) is 74.5 Å². The van der Waals surface area contributed by atoms with Crippen molar-refractivity contribution < 1.29 is 0 Å². The Bertz CT molecular complexity index is 1080. The highest BCUT2D eigenvalue weighted by Gasteiger charge is 2.15. The highest BCUT2D eigenvalue weighted by molar-refractivity contribution is 7.18. The van der Waals surface area contributed by atoms with E-state index in [4.69, 9.17) is 4.98 Å². The highest BCUT2D eigenvalue weighted by Crippen LogP contribution is 2.26. The Morgan fingerprint density at radius 3 is 2.38 bits per heavy atom. The molecule has 24 heavy (non-hydrogen) atoms. The number of aromatic nitrogens is 2. The Hall–Kier alpha value is -2.72. The zero-order valence-electron chi connectivity index (χ0n) is 13.5. The predicted octanol–water partition coefficient (Wildman–Crippen LogP) is 4.73. The molecule has 0 fully saturated rings. The fraction of sp³-hybridized carbons (Fsp3) is 0.100. The molecule has 0 radical (unpaired) electrons. The van der Waals surface area contributed by atoms with Crippen LogP contribution in [-0.2, 0) is 0 Å². The van der Waals surface area contributed by atoms with E-state index in [0.717, 1.165) is 27.2 Å². The Morgan fingerprint density at radius 2 is 1.67 bits per heavy atom. The monoisotopic (exact) mass is 332 g/mol. The van der Waals surface area contributed by atoms with E-state index >= 15 is 0 Å². The Morgan fingerprint density at radius 1 is 0.958 bits per heavy atom. The fourth-order valence-corrected chi connectivity index (χ4v) is 3.69. The van der Waals surface area contributed by atoms with Crippen LogP contribution in [0.3, 0.4) is 0 Å². The first-order valence-corrected chi connectivity index (χ1v) is 8.61. The average molecular weight is 332 g/mol. The van der Waals surface area contributed by atoms with Crippen molar-refractivity contribution in [1.29, 1.82) is 0 Å². The van der Waals surface area contributed by atoms with E-state index in [-0.39, 0.29) is 5.56 Å². The second kappa shape index (κ2) is 5.73. The summed E-state index contributed by atoms with van der Waals surface area (Å²) >= 11 is 1.50. The lowest BCUT2D eigenvalue weighted by atomic mass is 10.2. The Kier molecular flexibility index (Phi) is 3.54. The van der Waals surface area contributed by atoms with Gasteiger partial charge in [-0.2, -0.15) is 0 Å². The van der Waals surface area contributed by atoms with Gasteiger partial charge in [-0.1, -0.05) is 48.0 Å². The third-order valence-electron chi connectivity index (χ3n) is 4.00. The van der Waals surface area contributed by atoms with Crippen molar-refractivity contribution in [2.75, 3.05) is 0 Å². The molecule has 0 N–H and O–H groups in total. The third-order valence-corrected chi connectivity index (χ3v) is 5.02. The van der Waals surface area contributed by atoms with Crippen LogP contribution in [0.1, 0.15) is 10.4 Å². The number of hydrogen-bond donors (Lipinski definition) is 0. The van der Waals surface area contributed by atoms with Gasteiger partial charge in [-0.3, -0.25) is 9.36 Å². The molecular weight excluding hydrogens is 316 g/mol. The van der Waals surface area contributed by atoms with Gasteiger partial charge in [0.15, 0.2) is 0 Å². The molecule has 2 aromatic carbocycles. The first-order valence-electron chi connectivity index (χ1n) is 7.79. The molecule has 0 bridgehead atoms. The summed E-state index contributed by atoms with van der Waals surface area (Å²) in [5, 5.41) is 0. The molecule has 0 aliphatic heterocycles. The SMILES string of the molecule is Cc1ccc(-n2c(-c3ccccc3)nc3cc(C)sc3c2=O)cc1. The maximum atomic E-state index is 13.2. The van der Waals surface area contributed by atoms with Crippen LogP contribution in [0.5, 0.6) is 0 Å². The first kappa shape index (κ1) is 14.8. The zero-order chi connectivity index (χ0) is 16.7. The van der Waals surface area contributed by atoms with Crippen LogP contribution < -0.4 is 5.56 Å². The minimum absolute atomic E-state index is 0.0131. The standard InChI is InChI=1S/C20H16N2OS/c1-13-8-10-16(11-9-13)22-19(15-6-4-3-5-7-15)21-17-12-14(2)24-18(17)20(22)23/h3-12H,1-2H3. The molecule has 118 valence electrons. The normalized spacial score (nSPS) is 11.1. The average Bonchev–Trinajstić information content (AvgIpc) is 2.97. The van der Waals surface area contributed by atoms with Crippen LogP contribution in [0.4, 0.5) is 0 Å². The molecule has 3 nitrogen and oxygen atoms in total. The number of benzene rings is 2. The minimum Gasteiger partial charge on any atom is -0.267 e. The minimum atomic E-state index is -0.0131. The lowest BCUT2D eigenvalue weighted by Crippen LogP contribution is -2.21. The second-order valence-corrected chi connectivity index (χ2v) is 7.11. The summed E-state index contributed by atoms with van der Waals surface area (Å²) in [5.74, 6) is 0.676. The van der Waals surface area contributed by atoms with Crippen LogP contribution >= 0.6 is 11.3 Å². The molecule has 0 aliphatic carbocycles. The number of hydrogen-bond acceptors (Lipinski definition) is 3. The van der Waals surface area contributed by atoms with Gasteiger partial charge in [0.1, 0.15) is 10.5 Å². The molecule has 0 amide bonds. The van der Waals surface area contributed by atoms with Gasteiger partial charge in [-0.25, -0.2) is 4.98 Å². The number of aryl methyl sites for hydroxylation is 2.